The van der Waals surface area contributed by atoms with Gasteiger partial charge in [-0.3, -0.25) is 4.79 Å². The molecule has 0 saturated carbocycles. The van der Waals surface area contributed by atoms with Crippen molar-refractivity contribution in [3.05, 3.63) is 27.2 Å². The fourth-order valence-corrected chi connectivity index (χ4v) is 2.30. The van der Waals surface area contributed by atoms with E-state index in [1.54, 1.807) is 0 Å². The molecule has 1 aromatic heterocycles. The lowest BCUT2D eigenvalue weighted by molar-refractivity contribution is 0.641. The monoisotopic (exact) mass is 267 g/mol. The highest BCUT2D eigenvalue weighted by Gasteiger charge is 2.17. The molecule has 18 heavy (non-hydrogen) atoms. The van der Waals surface area contributed by atoms with E-state index in [0.717, 1.165) is 49.9 Å². The van der Waals surface area contributed by atoms with Crippen molar-refractivity contribution in [2.45, 2.75) is 32.1 Å². The molecule has 0 aliphatic heterocycles. The molecule has 0 unspecified atom stereocenters. The van der Waals surface area contributed by atoms with E-state index in [2.05, 4.69) is 21.4 Å². The minimum atomic E-state index is -0.0139. The maximum atomic E-state index is 11.6. The van der Waals surface area contributed by atoms with Crippen LogP contribution in [0.5, 0.6) is 0 Å². The Morgan fingerprint density at radius 1 is 1.33 bits per heavy atom. The molecule has 0 spiro atoms. The summed E-state index contributed by atoms with van der Waals surface area (Å²) in [7, 11) is 0. The van der Waals surface area contributed by atoms with Crippen molar-refractivity contribution in [1.29, 1.82) is 0 Å². The first kappa shape index (κ1) is 14.7. The van der Waals surface area contributed by atoms with Gasteiger partial charge in [-0.2, -0.15) is 5.10 Å². The number of H-pyrrole nitrogens is 1. The molecule has 5 heteroatoms. The quantitative estimate of drug-likeness (QED) is 0.628. The zero-order valence-corrected chi connectivity index (χ0v) is 11.1. The van der Waals surface area contributed by atoms with Gasteiger partial charge in [0.1, 0.15) is 0 Å². The molecule has 0 atom stereocenters. The lowest BCUT2D eigenvalue weighted by Crippen LogP contribution is -2.25. The Labute approximate surface area is 113 Å². The van der Waals surface area contributed by atoms with Crippen LogP contribution in [0, 0.1) is 12.3 Å². The van der Waals surface area contributed by atoms with Crippen molar-refractivity contribution in [3.8, 4) is 12.3 Å². The first-order chi connectivity index (χ1) is 8.33. The van der Waals surface area contributed by atoms with Crippen molar-refractivity contribution >= 4 is 12.4 Å². The molecule has 2 rings (SSSR count). The van der Waals surface area contributed by atoms with Crippen molar-refractivity contribution < 1.29 is 0 Å². The van der Waals surface area contributed by atoms with Crippen molar-refractivity contribution in [1.82, 2.24) is 15.5 Å². The highest BCUT2D eigenvalue weighted by Crippen LogP contribution is 2.19. The highest BCUT2D eigenvalue weighted by molar-refractivity contribution is 5.85. The summed E-state index contributed by atoms with van der Waals surface area (Å²) in [5.74, 6) is 2.54. The Balaban J connectivity index is 0.00000162. The fourth-order valence-electron chi connectivity index (χ4n) is 2.30. The first-order valence-electron chi connectivity index (χ1n) is 6.06. The fraction of sp³-hybridized carbons (Fsp3) is 0.538. The summed E-state index contributed by atoms with van der Waals surface area (Å²) in [4.78, 5) is 11.6. The number of terminal acetylenes is 1. The molecule has 0 saturated heterocycles. The molecule has 1 aromatic rings. The number of fused-ring (bicyclic) bond motifs is 1. The van der Waals surface area contributed by atoms with Gasteiger partial charge >= 0.3 is 0 Å². The zero-order chi connectivity index (χ0) is 12.1. The molecular weight excluding hydrogens is 250 g/mol. The second-order valence-electron chi connectivity index (χ2n) is 4.29. The number of hydrogen-bond acceptors (Lipinski definition) is 3. The SMILES string of the molecule is C#CCNCCc1n[nH]c(=O)c2c1CCCC2.Cl. The van der Waals surface area contributed by atoms with Gasteiger partial charge in [-0.25, -0.2) is 5.10 Å². The number of halogens is 1. The van der Waals surface area contributed by atoms with Crippen LogP contribution < -0.4 is 10.9 Å². The Hall–Kier alpha value is -1.31. The summed E-state index contributed by atoms with van der Waals surface area (Å²) in [5.41, 5.74) is 3.12. The van der Waals surface area contributed by atoms with Gasteiger partial charge in [-0.15, -0.1) is 18.8 Å². The molecule has 0 bridgehead atoms. The number of aromatic nitrogens is 2. The van der Waals surface area contributed by atoms with Gasteiger partial charge in [0.25, 0.3) is 5.56 Å². The van der Waals surface area contributed by atoms with Crippen LogP contribution in [0.25, 0.3) is 0 Å². The van der Waals surface area contributed by atoms with Gasteiger partial charge in [0.2, 0.25) is 0 Å². The third-order valence-corrected chi connectivity index (χ3v) is 3.15. The van der Waals surface area contributed by atoms with Gasteiger partial charge in [0, 0.05) is 18.5 Å². The lowest BCUT2D eigenvalue weighted by Gasteiger charge is -2.17. The molecule has 0 aromatic carbocycles. The minimum Gasteiger partial charge on any atom is -0.306 e. The number of rotatable bonds is 4. The average Bonchev–Trinajstić information content (AvgIpc) is 2.37. The Bertz CT molecular complexity index is 490. The summed E-state index contributed by atoms with van der Waals surface area (Å²) >= 11 is 0. The van der Waals surface area contributed by atoms with E-state index < -0.39 is 0 Å². The number of nitrogens with one attached hydrogen (secondary N) is 2. The van der Waals surface area contributed by atoms with E-state index >= 15 is 0 Å². The smallest absolute Gasteiger partial charge is 0.267 e. The van der Waals surface area contributed by atoms with Crippen LogP contribution in [0.1, 0.15) is 29.7 Å². The maximum Gasteiger partial charge on any atom is 0.267 e. The van der Waals surface area contributed by atoms with Gasteiger partial charge in [-0.1, -0.05) is 5.92 Å². The predicted molar refractivity (Wildman–Crippen MR) is 74.2 cm³/mol. The molecule has 0 amide bonds. The molecule has 0 fully saturated rings. The topological polar surface area (TPSA) is 57.8 Å². The van der Waals surface area contributed by atoms with E-state index in [0.29, 0.717) is 6.54 Å². The molecule has 1 aliphatic carbocycles. The largest absolute Gasteiger partial charge is 0.306 e. The molecule has 0 radical (unpaired) electrons. The lowest BCUT2D eigenvalue weighted by atomic mass is 9.91. The van der Waals surface area contributed by atoms with E-state index in [9.17, 15) is 4.79 Å². The zero-order valence-electron chi connectivity index (χ0n) is 10.3. The molecule has 1 aliphatic rings. The Kier molecular flexibility index (Phi) is 5.90. The van der Waals surface area contributed by atoms with Crippen LogP contribution in [0.4, 0.5) is 0 Å². The van der Waals surface area contributed by atoms with Crippen LogP contribution in [0.2, 0.25) is 0 Å². The summed E-state index contributed by atoms with van der Waals surface area (Å²) in [5, 5.41) is 9.89. The standard InChI is InChI=1S/C13H17N3O.ClH/c1-2-8-14-9-7-12-10-5-3-4-6-11(10)13(17)16-15-12;/h1,14H,3-9H2,(H,16,17);1H. The van der Waals surface area contributed by atoms with Gasteiger partial charge < -0.3 is 5.32 Å². The molecule has 1 heterocycles. The van der Waals surface area contributed by atoms with E-state index in [4.69, 9.17) is 6.42 Å². The molecule has 2 N–H and O–H groups in total. The number of aromatic amines is 1. The predicted octanol–water partition coefficient (Wildman–Crippen LogP) is 0.836. The number of nitrogens with zero attached hydrogens (tertiary/aromatic N) is 1. The molecular formula is C13H18ClN3O. The first-order valence-corrected chi connectivity index (χ1v) is 6.06. The normalized spacial score (nSPS) is 13.3. The van der Waals surface area contributed by atoms with Crippen molar-refractivity contribution in [2.75, 3.05) is 13.1 Å². The van der Waals surface area contributed by atoms with E-state index in [-0.39, 0.29) is 18.0 Å². The van der Waals surface area contributed by atoms with E-state index in [1.807, 2.05) is 0 Å². The van der Waals surface area contributed by atoms with Crippen LogP contribution in [-0.2, 0) is 19.3 Å². The minimum absolute atomic E-state index is 0. The molecule has 4 nitrogen and oxygen atoms in total. The summed E-state index contributed by atoms with van der Waals surface area (Å²) in [6, 6.07) is 0. The third kappa shape index (κ3) is 3.34. The second kappa shape index (κ2) is 7.20. The van der Waals surface area contributed by atoms with Crippen LogP contribution in [0.3, 0.4) is 0 Å². The van der Waals surface area contributed by atoms with Gasteiger partial charge in [0.15, 0.2) is 0 Å². The van der Waals surface area contributed by atoms with Gasteiger partial charge in [-0.05, 0) is 31.2 Å². The van der Waals surface area contributed by atoms with Crippen LogP contribution in [0.15, 0.2) is 4.79 Å². The summed E-state index contributed by atoms with van der Waals surface area (Å²) in [6.45, 7) is 1.38. The summed E-state index contributed by atoms with van der Waals surface area (Å²) < 4.78 is 0. The Morgan fingerprint density at radius 2 is 2.06 bits per heavy atom. The number of hydrogen-bond donors (Lipinski definition) is 2. The molecule has 98 valence electrons. The van der Waals surface area contributed by atoms with Crippen LogP contribution >= 0.6 is 12.4 Å². The maximum absolute atomic E-state index is 11.6. The van der Waals surface area contributed by atoms with Crippen molar-refractivity contribution in [2.24, 2.45) is 0 Å². The summed E-state index contributed by atoms with van der Waals surface area (Å²) in [6.07, 6.45) is 10.1. The van der Waals surface area contributed by atoms with Crippen molar-refractivity contribution in [3.63, 3.8) is 0 Å². The second-order valence-corrected chi connectivity index (χ2v) is 4.29. The highest BCUT2D eigenvalue weighted by atomic mass is 35.5. The Morgan fingerprint density at radius 3 is 2.78 bits per heavy atom. The third-order valence-electron chi connectivity index (χ3n) is 3.15. The van der Waals surface area contributed by atoms with E-state index in [1.165, 1.54) is 5.56 Å². The average molecular weight is 268 g/mol. The van der Waals surface area contributed by atoms with Crippen LogP contribution in [-0.4, -0.2) is 23.3 Å². The van der Waals surface area contributed by atoms with Gasteiger partial charge in [0.05, 0.1) is 12.2 Å².